The second kappa shape index (κ2) is 2.60. The van der Waals surface area contributed by atoms with E-state index >= 15 is 0 Å². The zero-order valence-corrected chi connectivity index (χ0v) is 5.40. The fraction of sp³-hybridized carbons (Fsp3) is 1.00. The summed E-state index contributed by atoms with van der Waals surface area (Å²) in [5, 5.41) is 2.97. The largest absolute Gasteiger partial charge is 0.314 e. The third-order valence-corrected chi connectivity index (χ3v) is 1.74. The molecule has 0 spiro atoms. The van der Waals surface area contributed by atoms with Crippen LogP contribution in [-0.2, 0) is 0 Å². The van der Waals surface area contributed by atoms with Crippen LogP contribution in [0.25, 0.3) is 0 Å². The van der Waals surface area contributed by atoms with E-state index < -0.39 is 12.3 Å². The molecule has 54 valence electrons. The Morgan fingerprint density at radius 1 is 1.56 bits per heavy atom. The normalized spacial score (nSPS) is 36.0. The molecule has 0 aliphatic carbocycles. The first-order valence-corrected chi connectivity index (χ1v) is 3.21. The maximum atomic E-state index is 11.9. The Kier molecular flexibility index (Phi) is 2.01. The van der Waals surface area contributed by atoms with E-state index in [1.807, 2.05) is 6.92 Å². The summed E-state index contributed by atoms with van der Waals surface area (Å²) in [5.74, 6) is -0.403. The van der Waals surface area contributed by atoms with E-state index in [0.717, 1.165) is 0 Å². The molecule has 1 aliphatic heterocycles. The molecule has 9 heavy (non-hydrogen) atoms. The van der Waals surface area contributed by atoms with E-state index in [1.165, 1.54) is 0 Å². The first-order chi connectivity index (χ1) is 4.20. The van der Waals surface area contributed by atoms with Crippen molar-refractivity contribution in [3.63, 3.8) is 0 Å². The molecule has 1 saturated heterocycles. The number of halogens is 2. The lowest BCUT2D eigenvalue weighted by Crippen LogP contribution is -2.18. The third-order valence-electron chi connectivity index (χ3n) is 1.74. The standard InChI is InChI=1S/C6H11F2N/c1-4-2-5(3-9-4)6(7)8/h4-6,9H,2-3H2,1H3. The molecular formula is C6H11F2N. The molecule has 0 bridgehead atoms. The van der Waals surface area contributed by atoms with Crippen molar-refractivity contribution in [2.24, 2.45) is 5.92 Å². The monoisotopic (exact) mass is 135 g/mol. The van der Waals surface area contributed by atoms with Crippen molar-refractivity contribution >= 4 is 0 Å². The maximum absolute atomic E-state index is 11.9. The Bertz CT molecular complexity index is 95.1. The highest BCUT2D eigenvalue weighted by Gasteiger charge is 2.27. The van der Waals surface area contributed by atoms with Crippen molar-refractivity contribution in [3.05, 3.63) is 0 Å². The van der Waals surface area contributed by atoms with Gasteiger partial charge in [0.05, 0.1) is 0 Å². The molecule has 0 aromatic heterocycles. The Morgan fingerprint density at radius 3 is 2.44 bits per heavy atom. The van der Waals surface area contributed by atoms with E-state index in [4.69, 9.17) is 0 Å². The summed E-state index contributed by atoms with van der Waals surface area (Å²) in [6.07, 6.45) is -1.51. The van der Waals surface area contributed by atoms with Crippen molar-refractivity contribution in [1.29, 1.82) is 0 Å². The first kappa shape index (κ1) is 6.93. The highest BCUT2D eigenvalue weighted by molar-refractivity contribution is 4.79. The molecule has 0 radical (unpaired) electrons. The number of rotatable bonds is 1. The van der Waals surface area contributed by atoms with E-state index in [9.17, 15) is 8.78 Å². The van der Waals surface area contributed by atoms with Gasteiger partial charge in [-0.05, 0) is 13.3 Å². The number of hydrogen-bond donors (Lipinski definition) is 1. The fourth-order valence-electron chi connectivity index (χ4n) is 1.17. The lowest BCUT2D eigenvalue weighted by atomic mass is 10.1. The molecule has 3 heteroatoms. The number of nitrogens with one attached hydrogen (secondary N) is 1. The Morgan fingerprint density at radius 2 is 2.22 bits per heavy atom. The SMILES string of the molecule is CC1CC(C(F)F)CN1. The molecular weight excluding hydrogens is 124 g/mol. The highest BCUT2D eigenvalue weighted by atomic mass is 19.3. The fourth-order valence-corrected chi connectivity index (χ4v) is 1.17. The minimum absolute atomic E-state index is 0.281. The topological polar surface area (TPSA) is 12.0 Å². The first-order valence-electron chi connectivity index (χ1n) is 3.21. The average Bonchev–Trinajstić information content (AvgIpc) is 2.14. The summed E-state index contributed by atoms with van der Waals surface area (Å²) < 4.78 is 23.7. The van der Waals surface area contributed by atoms with E-state index in [2.05, 4.69) is 5.32 Å². The van der Waals surface area contributed by atoms with Crippen molar-refractivity contribution in [2.45, 2.75) is 25.8 Å². The van der Waals surface area contributed by atoms with Gasteiger partial charge in [-0.1, -0.05) is 0 Å². The Hall–Kier alpha value is -0.180. The molecule has 2 unspecified atom stereocenters. The zero-order chi connectivity index (χ0) is 6.85. The predicted molar refractivity (Wildman–Crippen MR) is 31.6 cm³/mol. The Labute approximate surface area is 53.4 Å². The van der Waals surface area contributed by atoms with Crippen LogP contribution in [0.2, 0.25) is 0 Å². The molecule has 0 saturated carbocycles. The maximum Gasteiger partial charge on any atom is 0.242 e. The molecule has 1 rings (SSSR count). The molecule has 1 heterocycles. The van der Waals surface area contributed by atoms with Gasteiger partial charge in [0.15, 0.2) is 0 Å². The van der Waals surface area contributed by atoms with Crippen LogP contribution in [0.15, 0.2) is 0 Å². The lowest BCUT2D eigenvalue weighted by molar-refractivity contribution is 0.0861. The second-order valence-electron chi connectivity index (χ2n) is 2.64. The molecule has 2 atom stereocenters. The van der Waals surface area contributed by atoms with Crippen molar-refractivity contribution < 1.29 is 8.78 Å². The van der Waals surface area contributed by atoms with Gasteiger partial charge in [0.1, 0.15) is 0 Å². The average molecular weight is 135 g/mol. The quantitative estimate of drug-likeness (QED) is 0.570. The van der Waals surface area contributed by atoms with Crippen LogP contribution in [0, 0.1) is 5.92 Å². The van der Waals surface area contributed by atoms with Crippen LogP contribution in [0.1, 0.15) is 13.3 Å². The summed E-state index contributed by atoms with van der Waals surface area (Å²) >= 11 is 0. The minimum atomic E-state index is -2.14. The van der Waals surface area contributed by atoms with Crippen molar-refractivity contribution in [2.75, 3.05) is 6.54 Å². The molecule has 0 aromatic carbocycles. The molecule has 1 aliphatic rings. The smallest absolute Gasteiger partial charge is 0.242 e. The van der Waals surface area contributed by atoms with Crippen LogP contribution in [0.5, 0.6) is 0 Å². The minimum Gasteiger partial charge on any atom is -0.314 e. The van der Waals surface area contributed by atoms with Crippen LogP contribution in [-0.4, -0.2) is 19.0 Å². The van der Waals surface area contributed by atoms with E-state index in [-0.39, 0.29) is 6.04 Å². The summed E-state index contributed by atoms with van der Waals surface area (Å²) in [5.41, 5.74) is 0. The van der Waals surface area contributed by atoms with E-state index in [1.54, 1.807) is 0 Å². The van der Waals surface area contributed by atoms with Gasteiger partial charge in [0, 0.05) is 18.5 Å². The molecule has 1 nitrogen and oxygen atoms in total. The summed E-state index contributed by atoms with van der Waals surface area (Å²) in [6.45, 7) is 2.42. The highest BCUT2D eigenvalue weighted by Crippen LogP contribution is 2.20. The van der Waals surface area contributed by atoms with Crippen LogP contribution in [0.3, 0.4) is 0 Å². The summed E-state index contributed by atoms with van der Waals surface area (Å²) in [6, 6.07) is 0.281. The van der Waals surface area contributed by atoms with Gasteiger partial charge < -0.3 is 5.32 Å². The van der Waals surface area contributed by atoms with Gasteiger partial charge >= 0.3 is 0 Å². The summed E-state index contributed by atoms with van der Waals surface area (Å²) in [4.78, 5) is 0. The van der Waals surface area contributed by atoms with Gasteiger partial charge in [0.2, 0.25) is 6.43 Å². The molecule has 0 amide bonds. The van der Waals surface area contributed by atoms with Crippen molar-refractivity contribution in [1.82, 2.24) is 5.32 Å². The van der Waals surface area contributed by atoms with Crippen LogP contribution >= 0.6 is 0 Å². The molecule has 1 fully saturated rings. The lowest BCUT2D eigenvalue weighted by Gasteiger charge is -2.04. The van der Waals surface area contributed by atoms with Crippen LogP contribution < -0.4 is 5.32 Å². The van der Waals surface area contributed by atoms with Crippen molar-refractivity contribution in [3.8, 4) is 0 Å². The second-order valence-corrected chi connectivity index (χ2v) is 2.64. The van der Waals surface area contributed by atoms with E-state index in [0.29, 0.717) is 13.0 Å². The number of hydrogen-bond acceptors (Lipinski definition) is 1. The van der Waals surface area contributed by atoms with Gasteiger partial charge in [-0.15, -0.1) is 0 Å². The summed E-state index contributed by atoms with van der Waals surface area (Å²) in [7, 11) is 0. The van der Waals surface area contributed by atoms with Crippen LogP contribution in [0.4, 0.5) is 8.78 Å². The van der Waals surface area contributed by atoms with Gasteiger partial charge in [-0.3, -0.25) is 0 Å². The number of alkyl halides is 2. The zero-order valence-electron chi connectivity index (χ0n) is 5.40. The van der Waals surface area contributed by atoms with Gasteiger partial charge in [0.25, 0.3) is 0 Å². The predicted octanol–water partition coefficient (Wildman–Crippen LogP) is 1.25. The molecule has 1 N–H and O–H groups in total. The Balaban J connectivity index is 2.30. The van der Waals surface area contributed by atoms with Gasteiger partial charge in [-0.25, -0.2) is 8.78 Å². The van der Waals surface area contributed by atoms with Gasteiger partial charge in [-0.2, -0.15) is 0 Å². The third kappa shape index (κ3) is 1.61. The molecule has 0 aromatic rings.